The fourth-order valence-electron chi connectivity index (χ4n) is 4.30. The van der Waals surface area contributed by atoms with Crippen LogP contribution in [0.2, 0.25) is 0 Å². The number of hydrogen-bond acceptors (Lipinski definition) is 4. The summed E-state index contributed by atoms with van der Waals surface area (Å²) in [5, 5.41) is 3.66. The molecule has 2 heterocycles. The van der Waals surface area contributed by atoms with Crippen LogP contribution in [0.3, 0.4) is 0 Å². The van der Waals surface area contributed by atoms with Gasteiger partial charge >= 0.3 is 0 Å². The van der Waals surface area contributed by atoms with Crippen LogP contribution in [0.5, 0.6) is 0 Å². The first kappa shape index (κ1) is 14.9. The lowest BCUT2D eigenvalue weighted by Gasteiger charge is -2.35. The van der Waals surface area contributed by atoms with Crippen molar-refractivity contribution in [3.63, 3.8) is 0 Å². The molecule has 0 aromatic heterocycles. The topological polar surface area (TPSA) is 50.5 Å². The zero-order chi connectivity index (χ0) is 15.1. The zero-order valence-corrected chi connectivity index (χ0v) is 14.4. The van der Waals surface area contributed by atoms with Gasteiger partial charge in [0.05, 0.1) is 19.3 Å². The molecule has 4 rings (SSSR count). The maximum absolute atomic E-state index is 6.48. The van der Waals surface area contributed by atoms with Crippen molar-refractivity contribution < 1.29 is 4.74 Å². The van der Waals surface area contributed by atoms with Crippen molar-refractivity contribution in [2.45, 2.75) is 24.9 Å². The van der Waals surface area contributed by atoms with Gasteiger partial charge in [0.1, 0.15) is 0 Å². The van der Waals surface area contributed by atoms with Gasteiger partial charge in [0, 0.05) is 41.8 Å². The van der Waals surface area contributed by atoms with Crippen LogP contribution in [0, 0.1) is 11.8 Å². The molecule has 5 heteroatoms. The number of hydrogen-bond donors (Lipinski definition) is 2. The van der Waals surface area contributed by atoms with E-state index in [0.717, 1.165) is 39.3 Å². The number of fused-ring (bicyclic) bond motifs is 2. The zero-order valence-electron chi connectivity index (χ0n) is 12.8. The van der Waals surface area contributed by atoms with Crippen LogP contribution in [0.1, 0.15) is 12.8 Å². The number of nitrogens with one attached hydrogen (secondary N) is 1. The first-order valence-electron chi connectivity index (χ1n) is 8.31. The van der Waals surface area contributed by atoms with Gasteiger partial charge in [0.2, 0.25) is 0 Å². The molecule has 4 aliphatic rings. The molecule has 4 nitrogen and oxygen atoms in total. The number of halogens is 1. The van der Waals surface area contributed by atoms with E-state index in [4.69, 9.17) is 10.5 Å². The van der Waals surface area contributed by atoms with Crippen molar-refractivity contribution in [2.75, 3.05) is 32.8 Å². The average Bonchev–Trinajstić information content (AvgIpc) is 2.87. The van der Waals surface area contributed by atoms with E-state index in [0.29, 0.717) is 17.9 Å². The smallest absolute Gasteiger partial charge is 0.0594 e. The van der Waals surface area contributed by atoms with Crippen LogP contribution >= 0.6 is 15.9 Å². The second-order valence-electron chi connectivity index (χ2n) is 6.87. The summed E-state index contributed by atoms with van der Waals surface area (Å²) in [6.07, 6.45) is 9.01. The summed E-state index contributed by atoms with van der Waals surface area (Å²) in [5.74, 6) is 1.15. The molecule has 2 aliphatic heterocycles. The number of ether oxygens (including phenoxy) is 1. The molecule has 4 unspecified atom stereocenters. The van der Waals surface area contributed by atoms with Gasteiger partial charge in [0.15, 0.2) is 0 Å². The van der Waals surface area contributed by atoms with Gasteiger partial charge in [-0.2, -0.15) is 0 Å². The van der Waals surface area contributed by atoms with Crippen molar-refractivity contribution >= 4 is 15.9 Å². The lowest BCUT2D eigenvalue weighted by atomic mass is 9.78. The van der Waals surface area contributed by atoms with Crippen LogP contribution in [0.25, 0.3) is 0 Å². The van der Waals surface area contributed by atoms with Crippen LogP contribution in [0.4, 0.5) is 0 Å². The van der Waals surface area contributed by atoms with Crippen molar-refractivity contribution in [3.05, 3.63) is 34.0 Å². The first-order chi connectivity index (χ1) is 10.7. The highest BCUT2D eigenvalue weighted by Gasteiger charge is 2.39. The third-order valence-electron chi connectivity index (χ3n) is 5.35. The molecular formula is C17H24BrN3O. The number of rotatable bonds is 2. The van der Waals surface area contributed by atoms with Gasteiger partial charge in [0.25, 0.3) is 0 Å². The van der Waals surface area contributed by atoms with E-state index in [1.165, 1.54) is 16.6 Å². The average molecular weight is 366 g/mol. The molecule has 0 radical (unpaired) electrons. The number of morpholine rings is 1. The van der Waals surface area contributed by atoms with Crippen LogP contribution in [-0.2, 0) is 4.74 Å². The Hall–Kier alpha value is -0.620. The first-order valence-corrected chi connectivity index (χ1v) is 9.10. The minimum Gasteiger partial charge on any atom is -0.380 e. The van der Waals surface area contributed by atoms with Crippen LogP contribution in [0.15, 0.2) is 34.0 Å². The van der Waals surface area contributed by atoms with E-state index in [-0.39, 0.29) is 6.04 Å². The molecule has 120 valence electrons. The van der Waals surface area contributed by atoms with Gasteiger partial charge in [-0.25, -0.2) is 0 Å². The van der Waals surface area contributed by atoms with E-state index in [1.807, 2.05) is 0 Å². The molecule has 22 heavy (non-hydrogen) atoms. The molecule has 1 fully saturated rings. The monoisotopic (exact) mass is 365 g/mol. The summed E-state index contributed by atoms with van der Waals surface area (Å²) < 4.78 is 6.64. The summed E-state index contributed by atoms with van der Waals surface area (Å²) in [6, 6.07) is 0.570. The summed E-state index contributed by atoms with van der Waals surface area (Å²) in [7, 11) is 0. The Morgan fingerprint density at radius 1 is 1.36 bits per heavy atom. The van der Waals surface area contributed by atoms with Crippen LogP contribution < -0.4 is 11.1 Å². The standard InChI is InChI=1S/C17H24BrN3O/c18-12-1-2-16-13(9-12)14-7-11(8-15(19)17(14)20-16)10-21-3-5-22-6-4-21/h1-2,9,11,13,15-16,20H,3-8,10,19H2. The highest BCUT2D eigenvalue weighted by atomic mass is 79.9. The Bertz CT molecular complexity index is 536. The molecule has 0 amide bonds. The Morgan fingerprint density at radius 3 is 3.00 bits per heavy atom. The maximum Gasteiger partial charge on any atom is 0.0594 e. The minimum atomic E-state index is 0.168. The number of allylic oxidation sites excluding steroid dienone is 2. The lowest BCUT2D eigenvalue weighted by molar-refractivity contribution is 0.0292. The minimum absolute atomic E-state index is 0.168. The van der Waals surface area contributed by atoms with Gasteiger partial charge in [-0.05, 0) is 24.3 Å². The molecule has 0 spiro atoms. The molecule has 3 N–H and O–H groups in total. The summed E-state index contributed by atoms with van der Waals surface area (Å²) in [6.45, 7) is 5.04. The second-order valence-corrected chi connectivity index (χ2v) is 7.79. The Balaban J connectivity index is 1.48. The van der Waals surface area contributed by atoms with Crippen molar-refractivity contribution in [2.24, 2.45) is 17.6 Å². The van der Waals surface area contributed by atoms with E-state index in [1.54, 1.807) is 5.57 Å². The van der Waals surface area contributed by atoms with E-state index in [2.05, 4.69) is 44.4 Å². The third-order valence-corrected chi connectivity index (χ3v) is 5.87. The predicted molar refractivity (Wildman–Crippen MR) is 91.5 cm³/mol. The largest absolute Gasteiger partial charge is 0.380 e. The highest BCUT2D eigenvalue weighted by molar-refractivity contribution is 9.11. The van der Waals surface area contributed by atoms with E-state index in [9.17, 15) is 0 Å². The second kappa shape index (κ2) is 6.11. The van der Waals surface area contributed by atoms with E-state index >= 15 is 0 Å². The van der Waals surface area contributed by atoms with Crippen molar-refractivity contribution in [1.82, 2.24) is 10.2 Å². The maximum atomic E-state index is 6.48. The molecular weight excluding hydrogens is 342 g/mol. The molecule has 0 saturated carbocycles. The fraction of sp³-hybridized carbons (Fsp3) is 0.647. The lowest BCUT2D eigenvalue weighted by Crippen LogP contribution is -2.43. The van der Waals surface area contributed by atoms with E-state index < -0.39 is 0 Å². The summed E-state index contributed by atoms with van der Waals surface area (Å²) in [5.41, 5.74) is 9.35. The third kappa shape index (κ3) is 2.80. The normalized spacial score (nSPS) is 38.4. The van der Waals surface area contributed by atoms with Crippen molar-refractivity contribution in [1.29, 1.82) is 0 Å². The highest BCUT2D eigenvalue weighted by Crippen LogP contribution is 2.41. The van der Waals surface area contributed by atoms with Gasteiger partial charge in [-0.15, -0.1) is 0 Å². The van der Waals surface area contributed by atoms with Crippen LogP contribution in [-0.4, -0.2) is 49.8 Å². The molecule has 1 saturated heterocycles. The Labute approximate surface area is 140 Å². The number of nitrogens with zero attached hydrogens (tertiary/aromatic N) is 1. The van der Waals surface area contributed by atoms with Gasteiger partial charge in [-0.3, -0.25) is 4.90 Å². The molecule has 2 aliphatic carbocycles. The predicted octanol–water partition coefficient (Wildman–Crippen LogP) is 1.75. The number of nitrogens with two attached hydrogens (primary N) is 1. The molecule has 0 bridgehead atoms. The van der Waals surface area contributed by atoms with Gasteiger partial charge < -0.3 is 15.8 Å². The van der Waals surface area contributed by atoms with Crippen molar-refractivity contribution in [3.8, 4) is 0 Å². The summed E-state index contributed by atoms with van der Waals surface area (Å²) in [4.78, 5) is 2.54. The van der Waals surface area contributed by atoms with Gasteiger partial charge in [-0.1, -0.05) is 34.2 Å². The molecule has 0 aromatic rings. The molecule has 0 aromatic carbocycles. The summed E-state index contributed by atoms with van der Waals surface area (Å²) >= 11 is 3.62. The Morgan fingerprint density at radius 2 is 2.18 bits per heavy atom. The fourth-order valence-corrected chi connectivity index (χ4v) is 4.74. The Kier molecular flexibility index (Phi) is 4.15. The SMILES string of the molecule is NC1CC(CN2CCOCC2)CC2=C1NC1C=CC(Br)=CC21. The quantitative estimate of drug-likeness (QED) is 0.782. The molecule has 4 atom stereocenters.